The van der Waals surface area contributed by atoms with Gasteiger partial charge in [0.25, 0.3) is 0 Å². The van der Waals surface area contributed by atoms with Crippen molar-refractivity contribution in [1.82, 2.24) is 10.2 Å². The molecule has 17 heavy (non-hydrogen) atoms. The Labute approximate surface area is 108 Å². The van der Waals surface area contributed by atoms with E-state index in [1.165, 1.54) is 77.7 Å². The van der Waals surface area contributed by atoms with E-state index in [-0.39, 0.29) is 0 Å². The number of rotatable bonds is 9. The van der Waals surface area contributed by atoms with Crippen LogP contribution in [0, 0.1) is 5.92 Å². The first-order valence-electron chi connectivity index (χ1n) is 7.79. The van der Waals surface area contributed by atoms with Crippen molar-refractivity contribution in [1.29, 1.82) is 0 Å². The van der Waals surface area contributed by atoms with Gasteiger partial charge in [-0.25, -0.2) is 0 Å². The molecule has 102 valence electrons. The Morgan fingerprint density at radius 3 is 2.24 bits per heavy atom. The Balaban J connectivity index is 2.00. The Morgan fingerprint density at radius 1 is 1.00 bits per heavy atom. The Hall–Kier alpha value is -0.0800. The first-order valence-corrected chi connectivity index (χ1v) is 7.79. The van der Waals surface area contributed by atoms with Gasteiger partial charge in [0.1, 0.15) is 0 Å². The average molecular weight is 240 g/mol. The van der Waals surface area contributed by atoms with Crippen molar-refractivity contribution in [2.75, 3.05) is 32.7 Å². The smallest absolute Gasteiger partial charge is 0.0107 e. The summed E-state index contributed by atoms with van der Waals surface area (Å²) in [5.74, 6) is 0.909. The molecule has 1 saturated heterocycles. The molecule has 0 amide bonds. The number of piperidine rings is 1. The second-order valence-corrected chi connectivity index (χ2v) is 5.55. The highest BCUT2D eigenvalue weighted by molar-refractivity contribution is 4.67. The number of hydrogen-bond acceptors (Lipinski definition) is 2. The van der Waals surface area contributed by atoms with Crippen LogP contribution in [-0.4, -0.2) is 37.6 Å². The summed E-state index contributed by atoms with van der Waals surface area (Å²) in [5, 5.41) is 3.66. The summed E-state index contributed by atoms with van der Waals surface area (Å²) in [6, 6.07) is 0. The molecule has 1 heterocycles. The first kappa shape index (κ1) is 15.0. The van der Waals surface area contributed by atoms with Crippen molar-refractivity contribution >= 4 is 0 Å². The van der Waals surface area contributed by atoms with E-state index in [9.17, 15) is 0 Å². The highest BCUT2D eigenvalue weighted by Crippen LogP contribution is 2.12. The van der Waals surface area contributed by atoms with Gasteiger partial charge in [-0.3, -0.25) is 0 Å². The molecule has 0 aliphatic carbocycles. The molecule has 1 aliphatic rings. The minimum absolute atomic E-state index is 0.909. The van der Waals surface area contributed by atoms with Gasteiger partial charge in [-0.15, -0.1) is 0 Å². The van der Waals surface area contributed by atoms with Crippen LogP contribution in [0.15, 0.2) is 0 Å². The summed E-state index contributed by atoms with van der Waals surface area (Å²) in [4.78, 5) is 2.62. The molecule has 0 aromatic heterocycles. The largest absolute Gasteiger partial charge is 0.315 e. The molecule has 1 N–H and O–H groups in total. The molecule has 0 saturated carbocycles. The van der Waals surface area contributed by atoms with E-state index in [4.69, 9.17) is 0 Å². The fraction of sp³-hybridized carbons (Fsp3) is 1.00. The molecular weight excluding hydrogens is 208 g/mol. The summed E-state index contributed by atoms with van der Waals surface area (Å²) < 4.78 is 0. The van der Waals surface area contributed by atoms with E-state index in [2.05, 4.69) is 24.1 Å². The van der Waals surface area contributed by atoms with Crippen LogP contribution in [0.25, 0.3) is 0 Å². The van der Waals surface area contributed by atoms with Crippen LogP contribution in [0.2, 0.25) is 0 Å². The van der Waals surface area contributed by atoms with Crippen molar-refractivity contribution in [2.45, 2.75) is 58.8 Å². The Morgan fingerprint density at radius 2 is 1.65 bits per heavy atom. The molecular formula is C15H32N2. The summed E-state index contributed by atoms with van der Waals surface area (Å²) >= 11 is 0. The van der Waals surface area contributed by atoms with Gasteiger partial charge in [0.2, 0.25) is 0 Å². The molecule has 2 heteroatoms. The fourth-order valence-electron chi connectivity index (χ4n) is 2.89. The fourth-order valence-corrected chi connectivity index (χ4v) is 2.89. The summed E-state index contributed by atoms with van der Waals surface area (Å²) in [6.07, 6.45) is 9.72. The lowest BCUT2D eigenvalue weighted by Crippen LogP contribution is -2.37. The molecule has 1 fully saturated rings. The van der Waals surface area contributed by atoms with E-state index in [1.807, 2.05) is 0 Å². The molecule has 1 aliphatic heterocycles. The SMILES string of the molecule is CCCC(CCC)CNCCN1CCCCC1. The lowest BCUT2D eigenvalue weighted by Gasteiger charge is -2.26. The number of nitrogens with one attached hydrogen (secondary N) is 1. The van der Waals surface area contributed by atoms with Crippen LogP contribution in [-0.2, 0) is 0 Å². The maximum atomic E-state index is 3.66. The predicted octanol–water partition coefficient (Wildman–Crippen LogP) is 3.28. The average Bonchev–Trinajstić information content (AvgIpc) is 2.36. The number of likely N-dealkylation sites (tertiary alicyclic amines) is 1. The summed E-state index contributed by atoms with van der Waals surface area (Å²) in [7, 11) is 0. The van der Waals surface area contributed by atoms with E-state index in [0.29, 0.717) is 0 Å². The molecule has 0 atom stereocenters. The van der Waals surface area contributed by atoms with E-state index >= 15 is 0 Å². The van der Waals surface area contributed by atoms with Crippen LogP contribution in [0.5, 0.6) is 0 Å². The van der Waals surface area contributed by atoms with Crippen molar-refractivity contribution < 1.29 is 0 Å². The molecule has 0 aromatic rings. The van der Waals surface area contributed by atoms with Gasteiger partial charge in [0, 0.05) is 13.1 Å². The molecule has 2 nitrogen and oxygen atoms in total. The van der Waals surface area contributed by atoms with Gasteiger partial charge in [-0.05, 0) is 51.2 Å². The van der Waals surface area contributed by atoms with Crippen LogP contribution in [0.1, 0.15) is 58.8 Å². The topological polar surface area (TPSA) is 15.3 Å². The maximum Gasteiger partial charge on any atom is 0.0107 e. The van der Waals surface area contributed by atoms with Crippen LogP contribution >= 0.6 is 0 Å². The van der Waals surface area contributed by atoms with Crippen molar-refractivity contribution in [3.05, 3.63) is 0 Å². The minimum atomic E-state index is 0.909. The van der Waals surface area contributed by atoms with Gasteiger partial charge in [0.15, 0.2) is 0 Å². The van der Waals surface area contributed by atoms with Gasteiger partial charge < -0.3 is 10.2 Å². The second kappa shape index (κ2) is 9.90. The quantitative estimate of drug-likeness (QED) is 0.622. The molecule has 0 unspecified atom stereocenters. The standard InChI is InChI=1S/C15H32N2/c1-3-8-15(9-4-2)14-16-10-13-17-11-6-5-7-12-17/h15-16H,3-14H2,1-2H3. The van der Waals surface area contributed by atoms with Crippen LogP contribution in [0.3, 0.4) is 0 Å². The molecule has 0 aromatic carbocycles. The number of nitrogens with zero attached hydrogens (tertiary/aromatic N) is 1. The molecule has 0 radical (unpaired) electrons. The minimum Gasteiger partial charge on any atom is -0.315 e. The highest BCUT2D eigenvalue weighted by Gasteiger charge is 2.10. The molecule has 1 rings (SSSR count). The third-order valence-corrected chi connectivity index (χ3v) is 3.88. The Bertz CT molecular complexity index is 158. The lowest BCUT2D eigenvalue weighted by atomic mass is 9.98. The van der Waals surface area contributed by atoms with Crippen molar-refractivity contribution in [3.63, 3.8) is 0 Å². The zero-order chi connectivity index (χ0) is 12.3. The third kappa shape index (κ3) is 7.05. The number of hydrogen-bond donors (Lipinski definition) is 1. The predicted molar refractivity (Wildman–Crippen MR) is 76.5 cm³/mol. The maximum absolute atomic E-state index is 3.66. The summed E-state index contributed by atoms with van der Waals surface area (Å²) in [6.45, 7) is 10.9. The Kier molecular flexibility index (Phi) is 8.72. The van der Waals surface area contributed by atoms with Gasteiger partial charge >= 0.3 is 0 Å². The van der Waals surface area contributed by atoms with Crippen LogP contribution < -0.4 is 5.32 Å². The molecule has 0 bridgehead atoms. The van der Waals surface area contributed by atoms with E-state index in [0.717, 1.165) is 5.92 Å². The van der Waals surface area contributed by atoms with Gasteiger partial charge in [-0.1, -0.05) is 33.1 Å². The normalized spacial score (nSPS) is 17.8. The third-order valence-electron chi connectivity index (χ3n) is 3.88. The monoisotopic (exact) mass is 240 g/mol. The summed E-state index contributed by atoms with van der Waals surface area (Å²) in [5.41, 5.74) is 0. The second-order valence-electron chi connectivity index (χ2n) is 5.55. The van der Waals surface area contributed by atoms with Crippen molar-refractivity contribution in [3.8, 4) is 0 Å². The van der Waals surface area contributed by atoms with Gasteiger partial charge in [-0.2, -0.15) is 0 Å². The van der Waals surface area contributed by atoms with E-state index < -0.39 is 0 Å². The van der Waals surface area contributed by atoms with Crippen molar-refractivity contribution in [2.24, 2.45) is 5.92 Å². The van der Waals surface area contributed by atoms with E-state index in [1.54, 1.807) is 0 Å². The highest BCUT2D eigenvalue weighted by atomic mass is 15.1. The zero-order valence-electron chi connectivity index (χ0n) is 12.0. The van der Waals surface area contributed by atoms with Crippen LogP contribution in [0.4, 0.5) is 0 Å². The lowest BCUT2D eigenvalue weighted by molar-refractivity contribution is 0.227. The first-order chi connectivity index (χ1) is 8.36. The molecule has 0 spiro atoms. The zero-order valence-corrected chi connectivity index (χ0v) is 12.0. The van der Waals surface area contributed by atoms with Gasteiger partial charge in [0.05, 0.1) is 0 Å².